The number of nitrogens with two attached hydrogens (primary N) is 3. The Kier molecular flexibility index (Phi) is 13.0. The van der Waals surface area contributed by atoms with Crippen molar-refractivity contribution in [1.29, 1.82) is 0 Å². The lowest BCUT2D eigenvalue weighted by atomic mass is 10.0. The van der Waals surface area contributed by atoms with Gasteiger partial charge < -0.3 is 48.5 Å². The number of carboxylic acid groups (broad SMARTS) is 2. The number of hydrogen-bond acceptors (Lipinski definition) is 8. The number of guanidine groups is 1. The maximum absolute atomic E-state index is 12.8. The predicted molar refractivity (Wildman–Crippen MR) is 136 cm³/mol. The molecule has 0 heterocycles. The van der Waals surface area contributed by atoms with Crippen LogP contribution in [0.25, 0.3) is 0 Å². The standard InChI is InChI=1S/C23H35N7O8/c1-12(28-20(35)15(24)3-2-10-27-23(25)26)19(34)29-16(8-9-18(32)33)21(36)30-17(22(37)38)11-13-4-6-14(31)7-5-13/h4-7,12,15-17,31H,2-3,8-11,24H2,1H3,(H,28,35)(H,29,34)(H,30,36)(H,32,33)(H,37,38)(H4,25,26,27). The van der Waals surface area contributed by atoms with E-state index in [1.54, 1.807) is 0 Å². The number of aromatic hydroxyl groups is 1. The third kappa shape index (κ3) is 12.0. The van der Waals surface area contributed by atoms with Gasteiger partial charge >= 0.3 is 11.9 Å². The van der Waals surface area contributed by atoms with Crippen LogP contribution in [0.5, 0.6) is 5.75 Å². The highest BCUT2D eigenvalue weighted by Crippen LogP contribution is 2.12. The Morgan fingerprint density at radius 3 is 2.05 bits per heavy atom. The van der Waals surface area contributed by atoms with Crippen molar-refractivity contribution in [2.24, 2.45) is 22.2 Å². The van der Waals surface area contributed by atoms with Gasteiger partial charge in [-0.05, 0) is 43.9 Å². The third-order valence-electron chi connectivity index (χ3n) is 5.33. The van der Waals surface area contributed by atoms with E-state index in [-0.39, 0.29) is 37.5 Å². The van der Waals surface area contributed by atoms with E-state index in [4.69, 9.17) is 22.3 Å². The van der Waals surface area contributed by atoms with Crippen molar-refractivity contribution in [3.8, 4) is 5.75 Å². The van der Waals surface area contributed by atoms with E-state index >= 15 is 0 Å². The average molecular weight is 538 g/mol. The molecule has 0 fully saturated rings. The second-order valence-electron chi connectivity index (χ2n) is 8.55. The van der Waals surface area contributed by atoms with Crippen LogP contribution in [0.4, 0.5) is 0 Å². The zero-order chi connectivity index (χ0) is 28.8. The van der Waals surface area contributed by atoms with Crippen LogP contribution < -0.4 is 33.2 Å². The van der Waals surface area contributed by atoms with Crippen LogP contribution in [0, 0.1) is 0 Å². The van der Waals surface area contributed by atoms with Gasteiger partial charge in [-0.3, -0.25) is 24.2 Å². The van der Waals surface area contributed by atoms with E-state index < -0.39 is 60.2 Å². The molecule has 0 aliphatic carbocycles. The number of phenolic OH excluding ortho intramolecular Hbond substituents is 1. The maximum Gasteiger partial charge on any atom is 0.326 e. The minimum Gasteiger partial charge on any atom is -0.508 e. The van der Waals surface area contributed by atoms with Crippen LogP contribution in [0.2, 0.25) is 0 Å². The second-order valence-corrected chi connectivity index (χ2v) is 8.55. The summed E-state index contributed by atoms with van der Waals surface area (Å²) in [6.45, 7) is 1.61. The van der Waals surface area contributed by atoms with Gasteiger partial charge in [0, 0.05) is 19.4 Å². The highest BCUT2D eigenvalue weighted by Gasteiger charge is 2.29. The largest absolute Gasteiger partial charge is 0.508 e. The van der Waals surface area contributed by atoms with Crippen molar-refractivity contribution in [1.82, 2.24) is 16.0 Å². The van der Waals surface area contributed by atoms with Crippen molar-refractivity contribution in [3.05, 3.63) is 29.8 Å². The fraction of sp³-hybridized carbons (Fsp3) is 0.478. The molecule has 15 nitrogen and oxygen atoms in total. The normalized spacial score (nSPS) is 13.7. The van der Waals surface area contributed by atoms with Crippen LogP contribution >= 0.6 is 0 Å². The first-order valence-corrected chi connectivity index (χ1v) is 11.7. The Balaban J connectivity index is 2.80. The number of aliphatic carboxylic acids is 2. The van der Waals surface area contributed by atoms with Gasteiger partial charge in [-0.2, -0.15) is 0 Å². The van der Waals surface area contributed by atoms with Crippen LogP contribution in [0.3, 0.4) is 0 Å². The van der Waals surface area contributed by atoms with E-state index in [0.29, 0.717) is 12.0 Å². The van der Waals surface area contributed by atoms with Crippen LogP contribution in [0.15, 0.2) is 29.3 Å². The number of nitrogens with one attached hydrogen (secondary N) is 3. The molecule has 1 aromatic rings. The molecule has 3 amide bonds. The van der Waals surface area contributed by atoms with Crippen molar-refractivity contribution in [2.45, 2.75) is 63.2 Å². The Bertz CT molecular complexity index is 1010. The Labute approximate surface area is 218 Å². The fourth-order valence-electron chi connectivity index (χ4n) is 3.21. The number of carboxylic acids is 2. The number of nitrogens with zero attached hydrogens (tertiary/aromatic N) is 1. The molecule has 0 saturated carbocycles. The Morgan fingerprint density at radius 2 is 1.50 bits per heavy atom. The summed E-state index contributed by atoms with van der Waals surface area (Å²) in [7, 11) is 0. The molecule has 210 valence electrons. The lowest BCUT2D eigenvalue weighted by Crippen LogP contribution is -2.56. The fourth-order valence-corrected chi connectivity index (χ4v) is 3.21. The lowest BCUT2D eigenvalue weighted by Gasteiger charge is -2.23. The number of carbonyl (C=O) groups excluding carboxylic acids is 3. The van der Waals surface area contributed by atoms with Gasteiger partial charge in [0.25, 0.3) is 0 Å². The Morgan fingerprint density at radius 1 is 0.895 bits per heavy atom. The molecule has 1 rings (SSSR count). The van der Waals surface area contributed by atoms with Gasteiger partial charge in [0.05, 0.1) is 6.04 Å². The highest BCUT2D eigenvalue weighted by molar-refractivity contribution is 5.94. The van der Waals surface area contributed by atoms with Gasteiger partial charge in [-0.25, -0.2) is 4.79 Å². The van der Waals surface area contributed by atoms with Gasteiger partial charge in [0.15, 0.2) is 5.96 Å². The van der Waals surface area contributed by atoms with Gasteiger partial charge in [0.1, 0.15) is 23.9 Å². The number of rotatable bonds is 16. The zero-order valence-electron chi connectivity index (χ0n) is 20.9. The van der Waals surface area contributed by atoms with Gasteiger partial charge in [0.2, 0.25) is 17.7 Å². The summed E-state index contributed by atoms with van der Waals surface area (Å²) in [5.41, 5.74) is 16.8. The first-order chi connectivity index (χ1) is 17.8. The third-order valence-corrected chi connectivity index (χ3v) is 5.33. The molecule has 0 radical (unpaired) electrons. The predicted octanol–water partition coefficient (Wildman–Crippen LogP) is -2.26. The SMILES string of the molecule is CC(NC(=O)C(N)CCCN=C(N)N)C(=O)NC(CCC(=O)O)C(=O)NC(Cc1ccc(O)cc1)C(=O)O. The second kappa shape index (κ2) is 15.7. The summed E-state index contributed by atoms with van der Waals surface area (Å²) in [6.07, 6.45) is -0.301. The summed E-state index contributed by atoms with van der Waals surface area (Å²) in [6, 6.07) is 0.794. The molecule has 0 aliphatic rings. The van der Waals surface area contributed by atoms with E-state index in [9.17, 15) is 34.2 Å². The number of benzene rings is 1. The van der Waals surface area contributed by atoms with E-state index in [0.717, 1.165) is 0 Å². The molecule has 0 aromatic heterocycles. The molecule has 0 saturated heterocycles. The minimum absolute atomic E-state index is 0.0192. The molecular formula is C23H35N7O8. The van der Waals surface area contributed by atoms with Crippen molar-refractivity contribution < 1.29 is 39.3 Å². The molecule has 12 N–H and O–H groups in total. The first kappa shape index (κ1) is 31.6. The molecule has 1 aromatic carbocycles. The van der Waals surface area contributed by atoms with Crippen LogP contribution in [-0.4, -0.2) is 81.7 Å². The molecule has 4 unspecified atom stereocenters. The van der Waals surface area contributed by atoms with Gasteiger partial charge in [-0.1, -0.05) is 12.1 Å². The summed E-state index contributed by atoms with van der Waals surface area (Å²) < 4.78 is 0. The minimum atomic E-state index is -1.40. The molecule has 0 aliphatic heterocycles. The van der Waals surface area contributed by atoms with Crippen LogP contribution in [0.1, 0.15) is 38.2 Å². The molecule has 15 heteroatoms. The quantitative estimate of drug-likeness (QED) is 0.0616. The summed E-state index contributed by atoms with van der Waals surface area (Å²) in [5, 5.41) is 35.0. The molecule has 0 spiro atoms. The van der Waals surface area contributed by atoms with Crippen molar-refractivity contribution in [2.75, 3.05) is 6.54 Å². The van der Waals surface area contributed by atoms with Gasteiger partial charge in [-0.15, -0.1) is 0 Å². The maximum atomic E-state index is 12.8. The number of phenols is 1. The van der Waals surface area contributed by atoms with E-state index in [1.807, 2.05) is 0 Å². The van der Waals surface area contributed by atoms with E-state index in [1.165, 1.54) is 31.2 Å². The molecule has 0 bridgehead atoms. The smallest absolute Gasteiger partial charge is 0.326 e. The number of aliphatic imine (C=N–C) groups is 1. The number of amides is 3. The topological polar surface area (TPSA) is 273 Å². The molecular weight excluding hydrogens is 502 g/mol. The summed E-state index contributed by atoms with van der Waals surface area (Å²) in [4.78, 5) is 64.3. The monoisotopic (exact) mass is 537 g/mol. The van der Waals surface area contributed by atoms with Crippen molar-refractivity contribution in [3.63, 3.8) is 0 Å². The summed E-state index contributed by atoms with van der Waals surface area (Å²) >= 11 is 0. The molecule has 38 heavy (non-hydrogen) atoms. The average Bonchev–Trinajstić information content (AvgIpc) is 2.84. The first-order valence-electron chi connectivity index (χ1n) is 11.7. The van der Waals surface area contributed by atoms with Crippen molar-refractivity contribution >= 4 is 35.6 Å². The number of hydrogen-bond donors (Lipinski definition) is 9. The number of carbonyl (C=O) groups is 5. The molecule has 4 atom stereocenters. The highest BCUT2D eigenvalue weighted by atomic mass is 16.4. The van der Waals surface area contributed by atoms with E-state index in [2.05, 4.69) is 20.9 Å². The zero-order valence-corrected chi connectivity index (χ0v) is 20.9. The van der Waals surface area contributed by atoms with Crippen LogP contribution in [-0.2, 0) is 30.4 Å². The summed E-state index contributed by atoms with van der Waals surface area (Å²) in [5.74, 6) is -5.06. The Hall–Kier alpha value is -4.40. The lowest BCUT2D eigenvalue weighted by molar-refractivity contribution is -0.143.